The normalized spacial score (nSPS) is 8.58. The van der Waals surface area contributed by atoms with Gasteiger partial charge in [-0.2, -0.15) is 48.9 Å². The maximum Gasteiger partial charge on any atom is 4.00 e. The van der Waals surface area contributed by atoms with Crippen molar-refractivity contribution in [1.29, 1.82) is 0 Å². The molecule has 0 atom stereocenters. The molecule has 0 N–H and O–H groups in total. The molecule has 0 bridgehead atoms. The second kappa shape index (κ2) is 14.0. The largest absolute Gasteiger partial charge is 4.00 e. The van der Waals surface area contributed by atoms with Crippen molar-refractivity contribution in [2.24, 2.45) is 0 Å². The molecule has 0 unspecified atom stereocenters. The Balaban J connectivity index is 0.000000339. The van der Waals surface area contributed by atoms with Crippen LogP contribution in [-0.2, 0) is 26.2 Å². The van der Waals surface area contributed by atoms with Gasteiger partial charge in [0.25, 0.3) is 0 Å². The van der Waals surface area contributed by atoms with Crippen molar-refractivity contribution < 1.29 is 26.2 Å². The standard InChI is InChI=1S/2C9H7.C3H7.CH3Si.Zr/c2*1-2-5-9-7-3-6-8(9)4-1;1-3-2;1-2;/h2*1-7H;3H,1-2H3;1H,2H2;/q4*-1;+4. The van der Waals surface area contributed by atoms with Gasteiger partial charge in [0.1, 0.15) is 0 Å². The Labute approximate surface area is 168 Å². The average molecular weight is 408 g/mol. The van der Waals surface area contributed by atoms with Crippen LogP contribution in [0.5, 0.6) is 0 Å². The van der Waals surface area contributed by atoms with Crippen LogP contribution in [0.4, 0.5) is 0 Å². The van der Waals surface area contributed by atoms with Gasteiger partial charge < -0.3 is 12.6 Å². The van der Waals surface area contributed by atoms with Gasteiger partial charge in [0.15, 0.2) is 0 Å². The van der Waals surface area contributed by atoms with E-state index in [2.05, 4.69) is 91.1 Å². The van der Waals surface area contributed by atoms with E-state index < -0.39 is 0 Å². The van der Waals surface area contributed by atoms with Gasteiger partial charge in [-0.3, -0.25) is 0 Å². The quantitative estimate of drug-likeness (QED) is 0.275. The minimum absolute atomic E-state index is 0. The molecule has 0 saturated heterocycles. The average Bonchev–Trinajstić information content (AvgIpc) is 3.27. The summed E-state index contributed by atoms with van der Waals surface area (Å²) in [4.78, 5) is 0. The summed E-state index contributed by atoms with van der Waals surface area (Å²) in [6.45, 7) is 4.00. The van der Waals surface area contributed by atoms with E-state index >= 15 is 0 Å². The number of hydrogen-bond donors (Lipinski definition) is 0. The van der Waals surface area contributed by atoms with Gasteiger partial charge in [-0.25, -0.2) is 9.85 Å². The molecular weight excluding hydrogens is 384 g/mol. The third-order valence-corrected chi connectivity index (χ3v) is 3.10. The van der Waals surface area contributed by atoms with Gasteiger partial charge in [0.2, 0.25) is 0 Å². The van der Waals surface area contributed by atoms with Crippen LogP contribution in [0.25, 0.3) is 21.5 Å². The van der Waals surface area contributed by atoms with E-state index in [9.17, 15) is 0 Å². The Bertz CT molecular complexity index is 656. The molecule has 0 saturated carbocycles. The first-order valence-corrected chi connectivity index (χ1v) is 8.52. The molecule has 0 radical (unpaired) electrons. The molecule has 0 fully saturated rings. The smallest absolute Gasteiger partial charge is 0.533 e. The molecule has 0 amide bonds. The summed E-state index contributed by atoms with van der Waals surface area (Å²) >= 11 is 0. The summed E-state index contributed by atoms with van der Waals surface area (Å²) < 4.78 is 0. The van der Waals surface area contributed by atoms with Gasteiger partial charge in [-0.15, -0.1) is 59.3 Å². The van der Waals surface area contributed by atoms with Crippen molar-refractivity contribution >= 4 is 37.6 Å². The van der Waals surface area contributed by atoms with E-state index in [1.54, 1.807) is 0 Å². The van der Waals surface area contributed by atoms with Gasteiger partial charge in [-0.05, 0) is 0 Å². The molecule has 4 aromatic rings. The minimum Gasteiger partial charge on any atom is -0.533 e. The van der Waals surface area contributed by atoms with Gasteiger partial charge in [0, 0.05) is 0 Å². The summed E-state index contributed by atoms with van der Waals surface area (Å²) in [5.41, 5.74) is 0. The van der Waals surface area contributed by atoms with Crippen LogP contribution in [-0.4, -0.2) is 16.0 Å². The first-order chi connectivity index (χ1) is 11.3. The zero-order valence-electron chi connectivity index (χ0n) is 14.4. The molecule has 0 nitrogen and oxygen atoms in total. The van der Waals surface area contributed by atoms with Crippen molar-refractivity contribution in [2.45, 2.75) is 13.8 Å². The maximum atomic E-state index is 4.53. The molecule has 0 aliphatic heterocycles. The van der Waals surface area contributed by atoms with E-state index in [0.29, 0.717) is 0 Å². The molecule has 0 aromatic heterocycles. The summed E-state index contributed by atoms with van der Waals surface area (Å²) in [7, 11) is 1.36. The first kappa shape index (κ1) is 22.6. The van der Waals surface area contributed by atoms with Gasteiger partial charge in [-0.1, -0.05) is 12.1 Å². The maximum absolute atomic E-state index is 4.53. The van der Waals surface area contributed by atoms with Crippen molar-refractivity contribution in [2.75, 3.05) is 0 Å². The van der Waals surface area contributed by atoms with E-state index in [4.69, 9.17) is 0 Å². The van der Waals surface area contributed by atoms with E-state index in [1.807, 2.05) is 20.3 Å². The predicted molar refractivity (Wildman–Crippen MR) is 109 cm³/mol. The summed E-state index contributed by atoms with van der Waals surface area (Å²) in [5, 5.41) is 5.32. The van der Waals surface area contributed by atoms with Crippen molar-refractivity contribution in [3.63, 3.8) is 0 Å². The Morgan fingerprint density at radius 1 is 0.708 bits per heavy atom. The van der Waals surface area contributed by atoms with E-state index in [1.165, 1.54) is 31.4 Å². The van der Waals surface area contributed by atoms with Gasteiger partial charge in [0.05, 0.1) is 0 Å². The summed E-state index contributed by atoms with van der Waals surface area (Å²) in [6.07, 6.45) is 6.53. The van der Waals surface area contributed by atoms with Crippen LogP contribution in [0.1, 0.15) is 13.8 Å². The summed E-state index contributed by atoms with van der Waals surface area (Å²) in [5.74, 6) is 0. The number of benzene rings is 2. The topological polar surface area (TPSA) is 0 Å². The van der Waals surface area contributed by atoms with Crippen LogP contribution < -0.4 is 0 Å². The third kappa shape index (κ3) is 7.47. The first-order valence-electron chi connectivity index (χ1n) is 7.71. The molecule has 4 aromatic carbocycles. The van der Waals surface area contributed by atoms with Crippen LogP contribution >= 0.6 is 0 Å². The van der Waals surface area contributed by atoms with Crippen molar-refractivity contribution in [3.8, 4) is 0 Å². The predicted octanol–water partition coefficient (Wildman–Crippen LogP) is 5.27. The fraction of sp³-hybridized carbons (Fsp3) is 0.0909. The Morgan fingerprint density at radius 2 is 1.04 bits per heavy atom. The molecule has 24 heavy (non-hydrogen) atoms. The van der Waals surface area contributed by atoms with E-state index in [0.717, 1.165) is 0 Å². The minimum atomic E-state index is 0. The number of rotatable bonds is 0. The molecular formula is C22H24SiZr. The zero-order valence-corrected chi connectivity index (χ0v) is 18.3. The molecule has 120 valence electrons. The van der Waals surface area contributed by atoms with Gasteiger partial charge >= 0.3 is 26.2 Å². The Morgan fingerprint density at radius 3 is 1.38 bits per heavy atom. The van der Waals surface area contributed by atoms with Crippen molar-refractivity contribution in [1.82, 2.24) is 0 Å². The molecule has 4 rings (SSSR count). The van der Waals surface area contributed by atoms with Crippen molar-refractivity contribution in [3.05, 3.63) is 91.3 Å². The van der Waals surface area contributed by atoms with Crippen LogP contribution in [0, 0.1) is 6.42 Å². The molecule has 0 aliphatic rings. The molecule has 0 heterocycles. The fourth-order valence-electron chi connectivity index (χ4n) is 2.14. The monoisotopic (exact) mass is 406 g/mol. The third-order valence-electron chi connectivity index (χ3n) is 3.10. The Hall–Kier alpha value is -1.37. The van der Waals surface area contributed by atoms with Crippen LogP contribution in [0.3, 0.4) is 0 Å². The zero-order chi connectivity index (χ0) is 16.9. The van der Waals surface area contributed by atoms with Crippen LogP contribution in [0.15, 0.2) is 84.9 Å². The van der Waals surface area contributed by atoms with E-state index in [-0.39, 0.29) is 26.2 Å². The number of hydrogen-bond acceptors (Lipinski definition) is 0. The number of fused-ring (bicyclic) bond motifs is 2. The fourth-order valence-corrected chi connectivity index (χ4v) is 2.14. The summed E-state index contributed by atoms with van der Waals surface area (Å²) in [6, 6.07) is 29.3. The van der Waals surface area contributed by atoms with Crippen LogP contribution in [0.2, 0.25) is 0 Å². The molecule has 0 aliphatic carbocycles. The Kier molecular flexibility index (Phi) is 13.2. The molecule has 2 heteroatoms. The molecule has 0 spiro atoms. The SMILES string of the molecule is C[CH-]C.[CH-]=[SiH2].[Zr+4].c1ccc2[cH-]ccc2c1.c1ccc2[cH-]ccc2c1. The second-order valence-electron chi connectivity index (χ2n) is 4.89. The second-order valence-corrected chi connectivity index (χ2v) is 4.89.